The molecule has 38 heteroatoms. The molecule has 33 nitrogen and oxygen atoms in total. The number of nitrogens with two attached hydrogens (primary N) is 2. The van der Waals surface area contributed by atoms with Crippen LogP contribution in [0.4, 0.5) is 45.5 Å². The van der Waals surface area contributed by atoms with E-state index in [9.17, 15) is 79.0 Å². The Kier molecular flexibility index (Phi) is 59.4. The maximum absolute atomic E-state index is 12.3. The molecule has 4 aromatic rings. The molecule has 0 saturated carbocycles. The van der Waals surface area contributed by atoms with Crippen LogP contribution in [0.15, 0.2) is 48.5 Å². The number of esters is 4. The van der Waals surface area contributed by atoms with Crippen LogP contribution in [0.3, 0.4) is 0 Å². The molecule has 492 valence electrons. The van der Waals surface area contributed by atoms with Gasteiger partial charge in [-0.15, -0.1) is 0 Å². The van der Waals surface area contributed by atoms with Gasteiger partial charge in [0.2, 0.25) is 0 Å². The Balaban J connectivity index is -0.000000290. The molecule has 0 radical (unpaired) electrons. The fourth-order valence-electron chi connectivity index (χ4n) is 8.09. The van der Waals surface area contributed by atoms with Gasteiger partial charge in [-0.25, -0.2) is 0 Å². The summed E-state index contributed by atoms with van der Waals surface area (Å²) in [5.74, 6) is -8.15. The van der Waals surface area contributed by atoms with Gasteiger partial charge in [-0.3, -0.25) is 39.4 Å². The van der Waals surface area contributed by atoms with E-state index in [4.69, 9.17) is 44.6 Å². The van der Waals surface area contributed by atoms with Gasteiger partial charge in [0.05, 0.1) is 149 Å². The molecule has 0 fully saturated rings. The molecule has 94 heavy (non-hydrogen) atoms. The van der Waals surface area contributed by atoms with E-state index in [1.54, 1.807) is 67.7 Å². The Morgan fingerprint density at radius 2 is 0.574 bits per heavy atom. The Hall–Kier alpha value is -2.42. The molecular formula is C56H73K5N8O25. The van der Waals surface area contributed by atoms with Crippen LogP contribution >= 0.6 is 0 Å². The number of rotatable bonds is 30. The third-order valence-corrected chi connectivity index (χ3v) is 11.2. The minimum Gasteiger partial charge on any atom is -0.870 e. The van der Waals surface area contributed by atoms with Crippen LogP contribution in [-0.2, 0) is 57.3 Å². The number of carbonyl (C=O) groups excluding carboxylic acids is 8. The first-order valence-corrected chi connectivity index (χ1v) is 26.3. The molecule has 0 saturated heterocycles. The largest absolute Gasteiger partial charge is 1.00 e. The number of nitrogen functional groups attached to an aromatic ring is 2. The molecule has 4 rings (SSSR count). The summed E-state index contributed by atoms with van der Waals surface area (Å²) in [5.41, 5.74) is 15.0. The number of aliphatic carboxylic acids is 4. The van der Waals surface area contributed by atoms with Crippen molar-refractivity contribution in [3.8, 4) is 23.0 Å². The van der Waals surface area contributed by atoms with Crippen molar-refractivity contribution in [2.75, 3.05) is 138 Å². The number of nitro groups is 2. The summed E-state index contributed by atoms with van der Waals surface area (Å²) >= 11 is 0. The number of methoxy groups -OCH3 is 4. The monoisotopic (exact) mass is 1450 g/mol. The zero-order valence-electron chi connectivity index (χ0n) is 56.2. The standard InChI is InChI=1S/C24H36N2O9.C16H20N2O9.C8H8N2O5.C8H12N2O.5K.H2O/c1-7-32-20(27)13-25(14-21(28)33-8-2)18-11-17(5)12-19(24(18)31-6)26(15-22(29)34-9-3)16-23(30)35-10-4;1-9-3-10(17(5-12(19)20)6-13(21)22)16(27-2)11(4-9)18(7-14(23)24)8-15(25)26;1-5-3-6(9(11)12)8(15-2)7(4-5)10(13)14;1-5-3-6(9)8(11-2)7(10)4-5;;;;;;/h11-12H,7-10,13-16H2,1-6H3;3-4H,5-8H2,1-2H3,(H,19,20)(H,21,22)(H,23,24)(H,25,26);3-4H,1-2H3;3-4H,9-10H2,1-2H3;;;;;;1H2/q;;;;5*+1;/p-5. The van der Waals surface area contributed by atoms with Crippen LogP contribution in [0.5, 0.6) is 23.0 Å². The molecule has 0 bridgehead atoms. The topological polar surface area (TPSA) is 484 Å². The van der Waals surface area contributed by atoms with Gasteiger partial charge in [-0.05, 0) is 114 Å². The van der Waals surface area contributed by atoms with Crippen LogP contribution in [0.2, 0.25) is 0 Å². The number of anilines is 6. The summed E-state index contributed by atoms with van der Waals surface area (Å²) in [5, 5.41) is 65.1. The van der Waals surface area contributed by atoms with Gasteiger partial charge in [0.1, 0.15) is 26.2 Å². The van der Waals surface area contributed by atoms with E-state index in [1.165, 1.54) is 48.3 Å². The van der Waals surface area contributed by atoms with Crippen LogP contribution < -0.4 is 327 Å². The smallest absolute Gasteiger partial charge is 0.870 e. The average molecular weight is 1450 g/mol. The fraction of sp³-hybridized carbons (Fsp3) is 0.429. The van der Waals surface area contributed by atoms with E-state index in [1.807, 2.05) is 19.1 Å². The number of aryl methyl sites for hydroxylation is 4. The maximum Gasteiger partial charge on any atom is 1.00 e. The summed E-state index contributed by atoms with van der Waals surface area (Å²) < 4.78 is 40.8. The van der Waals surface area contributed by atoms with Gasteiger partial charge in [0.15, 0.2) is 17.2 Å². The minimum atomic E-state index is -1.58. The molecular weight excluding hydrogens is 1380 g/mol. The van der Waals surface area contributed by atoms with Gasteiger partial charge in [0.25, 0.3) is 5.75 Å². The van der Waals surface area contributed by atoms with Crippen molar-refractivity contribution in [2.24, 2.45) is 0 Å². The van der Waals surface area contributed by atoms with E-state index in [0.717, 1.165) is 28.0 Å². The van der Waals surface area contributed by atoms with Crippen LogP contribution in [-0.4, -0.2) is 170 Å². The van der Waals surface area contributed by atoms with Crippen molar-refractivity contribution >= 4 is 93.3 Å². The maximum atomic E-state index is 12.3. The van der Waals surface area contributed by atoms with Crippen LogP contribution in [0.25, 0.3) is 0 Å². The van der Waals surface area contributed by atoms with Crippen molar-refractivity contribution in [1.29, 1.82) is 0 Å². The molecule has 0 spiro atoms. The fourth-order valence-corrected chi connectivity index (χ4v) is 8.09. The third kappa shape index (κ3) is 37.1. The van der Waals surface area contributed by atoms with Gasteiger partial charge in [-0.2, -0.15) is 0 Å². The Morgan fingerprint density at radius 1 is 0.372 bits per heavy atom. The summed E-state index contributed by atoms with van der Waals surface area (Å²) in [7, 11) is 5.30. The van der Waals surface area contributed by atoms with Gasteiger partial charge in [0, 0.05) is 12.1 Å². The molecule has 0 aliphatic rings. The molecule has 4 aromatic carbocycles. The van der Waals surface area contributed by atoms with Crippen molar-refractivity contribution in [3.63, 3.8) is 0 Å². The van der Waals surface area contributed by atoms with E-state index in [2.05, 4.69) is 4.74 Å². The number of nitrogens with zero attached hydrogens (tertiary/aromatic N) is 6. The number of carboxylic acid groups (broad SMARTS) is 4. The number of benzene rings is 4. The average Bonchev–Trinajstić information content (AvgIpc) is 0.816. The normalized spacial score (nSPS) is 9.40. The van der Waals surface area contributed by atoms with Gasteiger partial charge < -0.3 is 114 Å². The Labute approximate surface area is 756 Å². The summed E-state index contributed by atoms with van der Waals surface area (Å²) in [6.45, 7) is 9.97. The molecule has 0 aliphatic heterocycles. The number of carboxylic acids is 4. The predicted octanol–water partition coefficient (Wildman–Crippen LogP) is -15.7. The van der Waals surface area contributed by atoms with Crippen molar-refractivity contribution in [2.45, 2.75) is 55.4 Å². The summed E-state index contributed by atoms with van der Waals surface area (Å²) in [6.07, 6.45) is 0. The second kappa shape index (κ2) is 54.4. The summed E-state index contributed by atoms with van der Waals surface area (Å²) in [6, 6.07) is 12.4. The first-order valence-electron chi connectivity index (χ1n) is 26.3. The van der Waals surface area contributed by atoms with E-state index >= 15 is 0 Å². The quantitative estimate of drug-likeness (QED) is 0.0122. The minimum absolute atomic E-state index is 0. The third-order valence-electron chi connectivity index (χ3n) is 11.2. The van der Waals surface area contributed by atoms with Gasteiger partial charge in [-0.1, -0.05) is 0 Å². The number of ether oxygens (including phenoxy) is 8. The van der Waals surface area contributed by atoms with Crippen molar-refractivity contribution in [3.05, 3.63) is 91.0 Å². The molecule has 0 amide bonds. The van der Waals surface area contributed by atoms with Crippen LogP contribution in [0.1, 0.15) is 49.9 Å². The first-order chi connectivity index (χ1) is 41.4. The van der Waals surface area contributed by atoms with E-state index in [0.29, 0.717) is 39.6 Å². The van der Waals surface area contributed by atoms with E-state index < -0.39 is 95.2 Å². The molecule has 0 aromatic heterocycles. The zero-order chi connectivity index (χ0) is 67.1. The molecule has 0 heterocycles. The molecule has 0 atom stereocenters. The second-order valence-electron chi connectivity index (χ2n) is 18.1. The SMILES string of the molecule is CCOC(=O)CN(CC(=O)OCC)c1cc(C)cc(N(CC(=O)OCC)CC(=O)OCC)c1OC.COc1c(N(CC(=O)[O-])CC(=O)[O-])cc(C)cc1N(CC(=O)[O-])CC(=O)[O-].COc1c(N)cc(C)cc1N.COc1c([N+](=O)[O-])cc(C)cc1[N+](=O)[O-].[K+].[K+].[K+].[K+].[K+].[OH-]. The van der Waals surface area contributed by atoms with Gasteiger partial charge >= 0.3 is 292 Å². The number of hydrogen-bond donors (Lipinski definition) is 2. The summed E-state index contributed by atoms with van der Waals surface area (Å²) in [4.78, 5) is 118. The van der Waals surface area contributed by atoms with Crippen molar-refractivity contribution < 1.29 is 369 Å². The molecule has 0 aliphatic carbocycles. The molecule has 5 N–H and O–H groups in total. The zero-order valence-corrected chi connectivity index (χ0v) is 71.8. The van der Waals surface area contributed by atoms with E-state index in [-0.39, 0.29) is 344 Å². The predicted molar refractivity (Wildman–Crippen MR) is 310 cm³/mol. The first kappa shape index (κ1) is 103. The number of hydrogen-bond acceptors (Lipinski definition) is 31. The number of nitro benzene ring substituents is 2. The Morgan fingerprint density at radius 3 is 0.766 bits per heavy atom. The van der Waals surface area contributed by atoms with Crippen LogP contribution in [0, 0.1) is 47.9 Å². The Bertz CT molecular complexity index is 2880. The molecule has 0 unspecified atom stereocenters. The number of carbonyl (C=O) groups is 8. The van der Waals surface area contributed by atoms with Crippen molar-refractivity contribution in [1.82, 2.24) is 0 Å². The second-order valence-corrected chi connectivity index (χ2v) is 18.1.